The van der Waals surface area contributed by atoms with Crippen molar-refractivity contribution in [3.05, 3.63) is 0 Å². The molecule has 3 N–H and O–H groups in total. The summed E-state index contributed by atoms with van der Waals surface area (Å²) in [6.07, 6.45) is 0. The Kier molecular flexibility index (Phi) is 3.05. The van der Waals surface area contributed by atoms with Gasteiger partial charge in [-0.15, -0.1) is 0 Å². The van der Waals surface area contributed by atoms with Crippen LogP contribution in [0.2, 0.25) is 0 Å². The molecule has 0 unspecified atom stereocenters. The highest BCUT2D eigenvalue weighted by Crippen LogP contribution is 2.20. The number of barbiturate groups is 1. The van der Waals surface area contributed by atoms with Crippen LogP contribution in [0.5, 0.6) is 0 Å². The Labute approximate surface area is 96.5 Å². The lowest BCUT2D eigenvalue weighted by Crippen LogP contribution is -2.74. The van der Waals surface area contributed by atoms with E-state index in [4.69, 9.17) is 10.5 Å². The molecule has 0 spiro atoms. The van der Waals surface area contributed by atoms with Gasteiger partial charge in [0, 0.05) is 21.2 Å². The summed E-state index contributed by atoms with van der Waals surface area (Å²) in [5, 5.41) is 1.91. The van der Waals surface area contributed by atoms with E-state index in [-0.39, 0.29) is 0 Å². The topological polar surface area (TPSA) is 122 Å². The first-order valence-electron chi connectivity index (χ1n) is 4.51. The summed E-state index contributed by atoms with van der Waals surface area (Å²) in [4.78, 5) is 47.3. The van der Waals surface area contributed by atoms with E-state index < -0.39 is 29.6 Å². The van der Waals surface area contributed by atoms with Crippen molar-refractivity contribution < 1.29 is 23.9 Å². The first-order chi connectivity index (χ1) is 7.77. The number of rotatable bonds is 2. The molecule has 1 fully saturated rings. The third-order valence-electron chi connectivity index (χ3n) is 2.39. The molecule has 0 aromatic heterocycles. The van der Waals surface area contributed by atoms with Crippen LogP contribution < -0.4 is 11.1 Å². The molecule has 1 aliphatic rings. The van der Waals surface area contributed by atoms with E-state index in [1.165, 1.54) is 0 Å². The zero-order valence-electron chi connectivity index (χ0n) is 9.51. The average molecular weight is 244 g/mol. The maximum atomic E-state index is 11.8. The van der Waals surface area contributed by atoms with Gasteiger partial charge in [0.25, 0.3) is 11.8 Å². The molecular formula is C8H12N4O5. The zero-order valence-corrected chi connectivity index (χ0v) is 9.51. The summed E-state index contributed by atoms with van der Waals surface area (Å²) >= 11 is 0. The minimum Gasteiger partial charge on any atom is -0.352 e. The molecule has 6 amide bonds. The molecule has 0 aromatic carbocycles. The maximum absolute atomic E-state index is 11.8. The average Bonchev–Trinajstić information content (AvgIpc) is 2.29. The first-order valence-corrected chi connectivity index (χ1v) is 4.51. The van der Waals surface area contributed by atoms with Crippen LogP contribution >= 0.6 is 0 Å². The largest absolute Gasteiger partial charge is 0.352 e. The number of nitrogens with two attached hydrogens (primary N) is 1. The van der Waals surface area contributed by atoms with Gasteiger partial charge in [-0.05, 0) is 0 Å². The number of primary amides is 1. The van der Waals surface area contributed by atoms with Gasteiger partial charge in [0.2, 0.25) is 0 Å². The number of carbonyl (C=O) groups is 4. The van der Waals surface area contributed by atoms with Gasteiger partial charge in [-0.3, -0.25) is 24.7 Å². The Morgan fingerprint density at radius 2 is 1.65 bits per heavy atom. The number of hydrogen-bond acceptors (Lipinski definition) is 5. The first kappa shape index (κ1) is 12.9. The second-order valence-electron chi connectivity index (χ2n) is 3.39. The summed E-state index contributed by atoms with van der Waals surface area (Å²) in [6, 6.07) is -1.94. The number of methoxy groups -OCH3 is 1. The van der Waals surface area contributed by atoms with Gasteiger partial charge < -0.3 is 10.5 Å². The maximum Gasteiger partial charge on any atom is 0.333 e. The minimum atomic E-state index is -2.29. The van der Waals surface area contributed by atoms with Gasteiger partial charge in [0.15, 0.2) is 0 Å². The molecule has 0 bridgehead atoms. The SMILES string of the molecule is COC1(NC(N)=O)C(=O)N(C)C(=O)N(C)C1=O. The van der Waals surface area contributed by atoms with Crippen molar-refractivity contribution in [3.8, 4) is 0 Å². The summed E-state index contributed by atoms with van der Waals surface area (Å²) in [5.41, 5.74) is 2.59. The van der Waals surface area contributed by atoms with Gasteiger partial charge in [0.05, 0.1) is 0 Å². The molecule has 0 saturated carbocycles. The van der Waals surface area contributed by atoms with Crippen LogP contribution in [0.1, 0.15) is 0 Å². The molecule has 9 heteroatoms. The van der Waals surface area contributed by atoms with E-state index in [0.717, 1.165) is 21.2 Å². The molecule has 1 heterocycles. The van der Waals surface area contributed by atoms with E-state index in [9.17, 15) is 19.2 Å². The van der Waals surface area contributed by atoms with Crippen LogP contribution in [0, 0.1) is 0 Å². The van der Waals surface area contributed by atoms with Crippen LogP contribution in [0.15, 0.2) is 0 Å². The van der Waals surface area contributed by atoms with Gasteiger partial charge in [-0.1, -0.05) is 0 Å². The predicted octanol–water partition coefficient (Wildman–Crippen LogP) is -1.95. The monoisotopic (exact) mass is 244 g/mol. The Morgan fingerprint density at radius 3 is 1.94 bits per heavy atom. The third kappa shape index (κ3) is 1.69. The van der Waals surface area contributed by atoms with Crippen molar-refractivity contribution in [3.63, 3.8) is 0 Å². The zero-order chi connectivity index (χ0) is 13.4. The second kappa shape index (κ2) is 4.01. The van der Waals surface area contributed by atoms with Crippen LogP contribution in [0.3, 0.4) is 0 Å². The van der Waals surface area contributed by atoms with Crippen LogP contribution in [-0.2, 0) is 14.3 Å². The summed E-state index contributed by atoms with van der Waals surface area (Å²) in [6.45, 7) is 0. The molecular weight excluding hydrogens is 232 g/mol. The quantitative estimate of drug-likeness (QED) is 0.431. The molecule has 1 rings (SSSR count). The van der Waals surface area contributed by atoms with E-state index in [1.54, 1.807) is 0 Å². The van der Waals surface area contributed by atoms with Crippen LogP contribution in [-0.4, -0.2) is 60.6 Å². The fourth-order valence-electron chi connectivity index (χ4n) is 1.47. The van der Waals surface area contributed by atoms with E-state index in [0.29, 0.717) is 9.80 Å². The molecule has 0 aliphatic carbocycles. The van der Waals surface area contributed by atoms with Gasteiger partial charge >= 0.3 is 17.8 Å². The van der Waals surface area contributed by atoms with Crippen LogP contribution in [0.25, 0.3) is 0 Å². The number of urea groups is 2. The molecule has 0 atom stereocenters. The molecule has 0 aromatic rings. The van der Waals surface area contributed by atoms with Crippen molar-refractivity contribution >= 4 is 23.9 Å². The Bertz CT molecular complexity index is 383. The van der Waals surface area contributed by atoms with Crippen molar-refractivity contribution in [1.29, 1.82) is 0 Å². The molecule has 0 radical (unpaired) electrons. The summed E-state index contributed by atoms with van der Waals surface area (Å²) in [7, 11) is 3.36. The van der Waals surface area contributed by atoms with Crippen molar-refractivity contribution in [1.82, 2.24) is 15.1 Å². The Hall–Kier alpha value is -2.16. The number of amides is 6. The molecule has 94 valence electrons. The van der Waals surface area contributed by atoms with E-state index >= 15 is 0 Å². The molecule has 17 heavy (non-hydrogen) atoms. The number of imide groups is 2. The predicted molar refractivity (Wildman–Crippen MR) is 53.4 cm³/mol. The Balaban J connectivity index is 3.27. The van der Waals surface area contributed by atoms with Gasteiger partial charge in [0.1, 0.15) is 0 Å². The second-order valence-corrected chi connectivity index (χ2v) is 3.39. The number of carbonyl (C=O) groups excluding carboxylic acids is 4. The number of nitrogens with one attached hydrogen (secondary N) is 1. The molecule has 1 aliphatic heterocycles. The molecule has 1 saturated heterocycles. The summed E-state index contributed by atoms with van der Waals surface area (Å²) < 4.78 is 4.76. The van der Waals surface area contributed by atoms with Crippen molar-refractivity contribution in [2.45, 2.75) is 5.72 Å². The lowest BCUT2D eigenvalue weighted by atomic mass is 10.1. The van der Waals surface area contributed by atoms with E-state index in [1.807, 2.05) is 5.32 Å². The third-order valence-corrected chi connectivity index (χ3v) is 2.39. The fourth-order valence-corrected chi connectivity index (χ4v) is 1.47. The number of ether oxygens (including phenoxy) is 1. The smallest absolute Gasteiger partial charge is 0.333 e. The Morgan fingerprint density at radius 1 is 1.24 bits per heavy atom. The lowest BCUT2D eigenvalue weighted by molar-refractivity contribution is -0.174. The highest BCUT2D eigenvalue weighted by atomic mass is 16.5. The van der Waals surface area contributed by atoms with Crippen molar-refractivity contribution in [2.75, 3.05) is 21.2 Å². The fraction of sp³-hybridized carbons (Fsp3) is 0.500. The highest BCUT2D eigenvalue weighted by Gasteiger charge is 2.57. The molecule has 9 nitrogen and oxygen atoms in total. The van der Waals surface area contributed by atoms with E-state index in [2.05, 4.69) is 0 Å². The van der Waals surface area contributed by atoms with Crippen LogP contribution in [0.4, 0.5) is 9.59 Å². The lowest BCUT2D eigenvalue weighted by Gasteiger charge is -2.39. The normalized spacial score (nSPS) is 19.6. The standard InChI is InChI=1S/C8H12N4O5/c1-11-4(13)8(17-3,10-6(9)15)5(14)12(2)7(11)16/h1-3H3,(H3,9,10,15). The number of hydrogen-bond donors (Lipinski definition) is 2. The minimum absolute atomic E-state index is 0.654. The highest BCUT2D eigenvalue weighted by molar-refractivity contribution is 6.21. The number of likely N-dealkylation sites (N-methyl/N-ethyl adjacent to an activating group) is 2. The van der Waals surface area contributed by atoms with Gasteiger partial charge in [-0.2, -0.15) is 0 Å². The summed E-state index contributed by atoms with van der Waals surface area (Å²) in [5.74, 6) is -2.01. The van der Waals surface area contributed by atoms with Gasteiger partial charge in [-0.25, -0.2) is 9.59 Å². The number of nitrogens with zero attached hydrogens (tertiary/aromatic N) is 2. The van der Waals surface area contributed by atoms with Crippen molar-refractivity contribution in [2.24, 2.45) is 5.73 Å².